The minimum atomic E-state index is -0.0722. The number of benzene rings is 1. The van der Waals surface area contributed by atoms with E-state index in [-0.39, 0.29) is 18.5 Å². The second-order valence-electron chi connectivity index (χ2n) is 4.41. The molecule has 2 saturated heterocycles. The highest BCUT2D eigenvalue weighted by Gasteiger charge is 2.36. The molecule has 2 fully saturated rings. The van der Waals surface area contributed by atoms with E-state index >= 15 is 0 Å². The molecule has 0 spiro atoms. The van der Waals surface area contributed by atoms with Crippen LogP contribution in [0.5, 0.6) is 11.5 Å². The van der Waals surface area contributed by atoms with Gasteiger partial charge < -0.3 is 18.9 Å². The topological polar surface area (TPSA) is 36.9 Å². The Balaban J connectivity index is 1.62. The quantitative estimate of drug-likeness (QED) is 0.804. The molecule has 4 nitrogen and oxygen atoms in total. The molecule has 3 atom stereocenters. The molecule has 0 aliphatic carbocycles. The van der Waals surface area contributed by atoms with E-state index in [1.807, 2.05) is 24.3 Å². The number of rotatable bonds is 3. The van der Waals surface area contributed by atoms with E-state index in [0.717, 1.165) is 24.3 Å². The summed E-state index contributed by atoms with van der Waals surface area (Å²) in [6.07, 6.45) is 2.04. The smallest absolute Gasteiger partial charge is 0.161 e. The van der Waals surface area contributed by atoms with E-state index in [9.17, 15) is 0 Å². The first-order chi connectivity index (χ1) is 8.33. The number of hydrogen-bond acceptors (Lipinski definition) is 4. The van der Waals surface area contributed by atoms with Gasteiger partial charge in [0.05, 0.1) is 19.8 Å². The Morgan fingerprint density at radius 2 is 1.88 bits per heavy atom. The summed E-state index contributed by atoms with van der Waals surface area (Å²) < 4.78 is 22.1. The largest absolute Gasteiger partial charge is 0.497 e. The molecule has 2 heterocycles. The van der Waals surface area contributed by atoms with Gasteiger partial charge in [0.15, 0.2) is 6.29 Å². The second kappa shape index (κ2) is 4.55. The number of fused-ring (bicyclic) bond motifs is 2. The lowest BCUT2D eigenvalue weighted by atomic mass is 10.1. The van der Waals surface area contributed by atoms with E-state index in [4.69, 9.17) is 18.9 Å². The molecule has 4 heteroatoms. The molecule has 0 unspecified atom stereocenters. The van der Waals surface area contributed by atoms with E-state index in [1.54, 1.807) is 7.11 Å². The summed E-state index contributed by atoms with van der Waals surface area (Å²) in [5.41, 5.74) is 0. The first-order valence-electron chi connectivity index (χ1n) is 5.91. The molecule has 1 aromatic carbocycles. The van der Waals surface area contributed by atoms with Gasteiger partial charge in [0, 0.05) is 12.8 Å². The van der Waals surface area contributed by atoms with Crippen LogP contribution in [-0.2, 0) is 9.47 Å². The van der Waals surface area contributed by atoms with Gasteiger partial charge in [-0.3, -0.25) is 0 Å². The summed E-state index contributed by atoms with van der Waals surface area (Å²) in [6.45, 7) is 0.702. The number of ether oxygens (including phenoxy) is 4. The third-order valence-electron chi connectivity index (χ3n) is 3.16. The average Bonchev–Trinajstić information content (AvgIpc) is 2.70. The van der Waals surface area contributed by atoms with Crippen LogP contribution in [0.15, 0.2) is 24.3 Å². The highest BCUT2D eigenvalue weighted by molar-refractivity contribution is 5.31. The van der Waals surface area contributed by atoms with Crippen molar-refractivity contribution >= 4 is 0 Å². The average molecular weight is 236 g/mol. The lowest BCUT2D eigenvalue weighted by Gasteiger charge is -2.27. The molecular weight excluding hydrogens is 220 g/mol. The second-order valence-corrected chi connectivity index (χ2v) is 4.41. The lowest BCUT2D eigenvalue weighted by molar-refractivity contribution is -0.111. The summed E-state index contributed by atoms with van der Waals surface area (Å²) >= 11 is 0. The molecule has 2 aliphatic rings. The molecule has 17 heavy (non-hydrogen) atoms. The van der Waals surface area contributed by atoms with Crippen LogP contribution in [0.1, 0.15) is 12.8 Å². The Morgan fingerprint density at radius 1 is 1.12 bits per heavy atom. The predicted octanol–water partition coefficient (Wildman–Crippen LogP) is 1.98. The van der Waals surface area contributed by atoms with Gasteiger partial charge in [0.1, 0.15) is 17.6 Å². The summed E-state index contributed by atoms with van der Waals surface area (Å²) in [4.78, 5) is 0. The van der Waals surface area contributed by atoms with Gasteiger partial charge in [-0.2, -0.15) is 0 Å². The lowest BCUT2D eigenvalue weighted by Crippen LogP contribution is -2.33. The zero-order chi connectivity index (χ0) is 11.7. The van der Waals surface area contributed by atoms with E-state index in [0.29, 0.717) is 6.61 Å². The molecule has 1 aromatic rings. The molecular formula is C13H16O4. The van der Waals surface area contributed by atoms with Crippen molar-refractivity contribution in [2.45, 2.75) is 31.3 Å². The van der Waals surface area contributed by atoms with Crippen molar-refractivity contribution in [1.82, 2.24) is 0 Å². The van der Waals surface area contributed by atoms with E-state index < -0.39 is 0 Å². The maximum Gasteiger partial charge on any atom is 0.161 e. The fourth-order valence-corrected chi connectivity index (χ4v) is 2.30. The van der Waals surface area contributed by atoms with Crippen molar-refractivity contribution in [2.75, 3.05) is 13.7 Å². The Hall–Kier alpha value is -1.26. The van der Waals surface area contributed by atoms with Crippen molar-refractivity contribution in [2.24, 2.45) is 0 Å². The normalized spacial score (nSPS) is 31.2. The van der Waals surface area contributed by atoms with E-state index in [1.165, 1.54) is 0 Å². The van der Waals surface area contributed by atoms with Crippen molar-refractivity contribution in [3.63, 3.8) is 0 Å². The van der Waals surface area contributed by atoms with Crippen LogP contribution < -0.4 is 9.47 Å². The number of hydrogen-bond donors (Lipinski definition) is 0. The molecule has 0 N–H and O–H groups in total. The minimum absolute atomic E-state index is 0.0722. The first kappa shape index (κ1) is 10.9. The molecule has 2 bridgehead atoms. The summed E-state index contributed by atoms with van der Waals surface area (Å²) in [5, 5.41) is 0. The highest BCUT2D eigenvalue weighted by Crippen LogP contribution is 2.30. The van der Waals surface area contributed by atoms with Crippen LogP contribution in [0.4, 0.5) is 0 Å². The summed E-state index contributed by atoms with van der Waals surface area (Å²) in [7, 11) is 1.66. The molecule has 0 saturated carbocycles. The minimum Gasteiger partial charge on any atom is -0.497 e. The third-order valence-corrected chi connectivity index (χ3v) is 3.16. The van der Waals surface area contributed by atoms with Crippen molar-refractivity contribution in [3.05, 3.63) is 24.3 Å². The van der Waals surface area contributed by atoms with Gasteiger partial charge in [-0.15, -0.1) is 0 Å². The van der Waals surface area contributed by atoms with Crippen LogP contribution in [0.3, 0.4) is 0 Å². The fourth-order valence-electron chi connectivity index (χ4n) is 2.30. The van der Waals surface area contributed by atoms with Crippen LogP contribution in [-0.4, -0.2) is 32.2 Å². The first-order valence-corrected chi connectivity index (χ1v) is 5.91. The standard InChI is InChI=1S/C13H16O4/c1-14-9-2-4-10(5-3-9)16-11-6-12-8-15-13(7-11)17-12/h2-5,11-13H,6-8H2,1H3/t11-,12+,13-/m1/s1. The Kier molecular flexibility index (Phi) is 2.91. The van der Waals surface area contributed by atoms with Gasteiger partial charge in [-0.25, -0.2) is 0 Å². The fraction of sp³-hybridized carbons (Fsp3) is 0.538. The molecule has 92 valence electrons. The monoisotopic (exact) mass is 236 g/mol. The molecule has 3 rings (SSSR count). The van der Waals surface area contributed by atoms with Gasteiger partial charge in [-0.1, -0.05) is 0 Å². The van der Waals surface area contributed by atoms with Gasteiger partial charge in [0.25, 0.3) is 0 Å². The Morgan fingerprint density at radius 3 is 2.59 bits per heavy atom. The van der Waals surface area contributed by atoms with Gasteiger partial charge in [0.2, 0.25) is 0 Å². The van der Waals surface area contributed by atoms with E-state index in [2.05, 4.69) is 0 Å². The molecule has 0 aromatic heterocycles. The maximum absolute atomic E-state index is 5.92. The molecule has 0 radical (unpaired) electrons. The van der Waals surface area contributed by atoms with Crippen molar-refractivity contribution < 1.29 is 18.9 Å². The van der Waals surface area contributed by atoms with Crippen LogP contribution in [0, 0.1) is 0 Å². The molecule has 2 aliphatic heterocycles. The van der Waals surface area contributed by atoms with Crippen molar-refractivity contribution in [3.8, 4) is 11.5 Å². The maximum atomic E-state index is 5.92. The molecule has 0 amide bonds. The SMILES string of the molecule is COc1ccc(O[C@@H]2C[C@H]3CO[C@@H](C2)O3)cc1. The van der Waals surface area contributed by atoms with Crippen LogP contribution in [0.25, 0.3) is 0 Å². The Labute approximate surface area is 100 Å². The van der Waals surface area contributed by atoms with Crippen LogP contribution in [0.2, 0.25) is 0 Å². The zero-order valence-electron chi connectivity index (χ0n) is 9.80. The van der Waals surface area contributed by atoms with Crippen molar-refractivity contribution in [1.29, 1.82) is 0 Å². The predicted molar refractivity (Wildman–Crippen MR) is 61.3 cm³/mol. The summed E-state index contributed by atoms with van der Waals surface area (Å²) in [5.74, 6) is 1.71. The third kappa shape index (κ3) is 2.37. The Bertz CT molecular complexity index is 364. The summed E-state index contributed by atoms with van der Waals surface area (Å²) in [6, 6.07) is 7.66. The van der Waals surface area contributed by atoms with Gasteiger partial charge in [-0.05, 0) is 24.3 Å². The highest BCUT2D eigenvalue weighted by atomic mass is 16.7. The van der Waals surface area contributed by atoms with Gasteiger partial charge >= 0.3 is 0 Å². The zero-order valence-corrected chi connectivity index (χ0v) is 9.80. The number of methoxy groups -OCH3 is 1. The van der Waals surface area contributed by atoms with Crippen LogP contribution >= 0.6 is 0 Å².